The Bertz CT molecular complexity index is 452. The molecule has 0 fully saturated rings. The molecular weight excluding hydrogens is 259 g/mol. The fourth-order valence-electron chi connectivity index (χ4n) is 1.45. The second kappa shape index (κ2) is 6.06. The lowest BCUT2D eigenvalue weighted by Gasteiger charge is -2.18. The van der Waals surface area contributed by atoms with E-state index in [0.717, 1.165) is 12.1 Å². The van der Waals surface area contributed by atoms with Crippen LogP contribution in [0, 0.1) is 22.9 Å². The Hall–Kier alpha value is -1.56. The fourth-order valence-corrected chi connectivity index (χ4v) is 1.45. The zero-order chi connectivity index (χ0) is 14.6. The summed E-state index contributed by atoms with van der Waals surface area (Å²) in [4.78, 5) is 10.8. The molecule has 0 spiro atoms. The molecule has 19 heavy (non-hydrogen) atoms. The van der Waals surface area contributed by atoms with Crippen molar-refractivity contribution in [1.82, 2.24) is 5.32 Å². The molecular formula is C13H16F3NO2. The maximum Gasteiger partial charge on any atom is 0.309 e. The SMILES string of the molecule is CC(C)(CCNCc1cc(F)c(F)c(F)c1)C(=O)O. The molecule has 0 aromatic heterocycles. The smallest absolute Gasteiger partial charge is 0.309 e. The van der Waals surface area contributed by atoms with Gasteiger partial charge in [0.1, 0.15) is 0 Å². The average molecular weight is 275 g/mol. The van der Waals surface area contributed by atoms with Gasteiger partial charge >= 0.3 is 5.97 Å². The molecule has 106 valence electrons. The van der Waals surface area contributed by atoms with Crippen molar-refractivity contribution in [3.63, 3.8) is 0 Å². The van der Waals surface area contributed by atoms with E-state index in [4.69, 9.17) is 5.11 Å². The standard InChI is InChI=1S/C13H16F3NO2/c1-13(2,12(18)19)3-4-17-7-8-5-9(14)11(16)10(15)6-8/h5-6,17H,3-4,7H2,1-2H3,(H,18,19). The highest BCUT2D eigenvalue weighted by Crippen LogP contribution is 2.19. The van der Waals surface area contributed by atoms with Gasteiger partial charge in [-0.25, -0.2) is 13.2 Å². The molecule has 3 nitrogen and oxygen atoms in total. The zero-order valence-electron chi connectivity index (χ0n) is 10.8. The van der Waals surface area contributed by atoms with Crippen LogP contribution in [0.5, 0.6) is 0 Å². The molecule has 1 aromatic carbocycles. The Labute approximate surface area is 109 Å². The van der Waals surface area contributed by atoms with Gasteiger partial charge in [-0.3, -0.25) is 4.79 Å². The summed E-state index contributed by atoms with van der Waals surface area (Å²) in [5, 5.41) is 11.8. The lowest BCUT2D eigenvalue weighted by Crippen LogP contribution is -2.28. The van der Waals surface area contributed by atoms with Gasteiger partial charge in [-0.1, -0.05) is 0 Å². The maximum absolute atomic E-state index is 12.9. The molecule has 0 aliphatic carbocycles. The van der Waals surface area contributed by atoms with Crippen molar-refractivity contribution in [3.8, 4) is 0 Å². The molecule has 0 aliphatic heterocycles. The summed E-state index contributed by atoms with van der Waals surface area (Å²) in [6.07, 6.45) is 0.370. The van der Waals surface area contributed by atoms with Crippen LogP contribution in [0.15, 0.2) is 12.1 Å². The number of halogens is 3. The van der Waals surface area contributed by atoms with E-state index >= 15 is 0 Å². The molecule has 0 saturated carbocycles. The van der Waals surface area contributed by atoms with Crippen molar-refractivity contribution < 1.29 is 23.1 Å². The first kappa shape index (κ1) is 15.5. The Morgan fingerprint density at radius 1 is 1.26 bits per heavy atom. The molecule has 0 amide bonds. The highest BCUT2D eigenvalue weighted by Gasteiger charge is 2.26. The summed E-state index contributed by atoms with van der Waals surface area (Å²) in [5.41, 5.74) is -0.601. The van der Waals surface area contributed by atoms with Crippen LogP contribution in [-0.4, -0.2) is 17.6 Å². The van der Waals surface area contributed by atoms with E-state index in [0.29, 0.717) is 13.0 Å². The number of carbonyl (C=O) groups is 1. The summed E-state index contributed by atoms with van der Waals surface area (Å²) in [6, 6.07) is 1.82. The van der Waals surface area contributed by atoms with Crippen molar-refractivity contribution in [2.75, 3.05) is 6.54 Å². The minimum Gasteiger partial charge on any atom is -0.481 e. The Balaban J connectivity index is 2.49. The molecule has 0 saturated heterocycles. The average Bonchev–Trinajstić information content (AvgIpc) is 2.31. The third kappa shape index (κ3) is 4.24. The van der Waals surface area contributed by atoms with Gasteiger partial charge in [0.25, 0.3) is 0 Å². The first-order chi connectivity index (χ1) is 8.74. The lowest BCUT2D eigenvalue weighted by molar-refractivity contribution is -0.147. The van der Waals surface area contributed by atoms with Crippen molar-refractivity contribution in [2.24, 2.45) is 5.41 Å². The van der Waals surface area contributed by atoms with Crippen LogP contribution in [0.3, 0.4) is 0 Å². The molecule has 2 N–H and O–H groups in total. The summed E-state index contributed by atoms with van der Waals surface area (Å²) in [6.45, 7) is 3.70. The van der Waals surface area contributed by atoms with Crippen LogP contribution >= 0.6 is 0 Å². The predicted molar refractivity (Wildman–Crippen MR) is 64.1 cm³/mol. The molecule has 0 unspecified atom stereocenters. The fraction of sp³-hybridized carbons (Fsp3) is 0.462. The van der Waals surface area contributed by atoms with Gasteiger partial charge in [0.05, 0.1) is 5.41 Å². The highest BCUT2D eigenvalue weighted by molar-refractivity contribution is 5.73. The van der Waals surface area contributed by atoms with Crippen molar-refractivity contribution in [2.45, 2.75) is 26.8 Å². The molecule has 1 rings (SSSR count). The second-order valence-corrected chi connectivity index (χ2v) is 4.99. The van der Waals surface area contributed by atoms with E-state index in [1.807, 2.05) is 0 Å². The van der Waals surface area contributed by atoms with Gasteiger partial charge in [0, 0.05) is 6.54 Å². The van der Waals surface area contributed by atoms with Crippen LogP contribution in [-0.2, 0) is 11.3 Å². The minimum absolute atomic E-state index is 0.143. The molecule has 0 atom stereocenters. The Morgan fingerprint density at radius 2 is 1.79 bits per heavy atom. The minimum atomic E-state index is -1.49. The van der Waals surface area contributed by atoms with Crippen LogP contribution in [0.4, 0.5) is 13.2 Å². The van der Waals surface area contributed by atoms with Gasteiger partial charge in [-0.15, -0.1) is 0 Å². The molecule has 1 aromatic rings. The first-order valence-electron chi connectivity index (χ1n) is 5.81. The van der Waals surface area contributed by atoms with Gasteiger partial charge in [0.2, 0.25) is 0 Å². The molecule has 6 heteroatoms. The normalized spacial score (nSPS) is 11.6. The zero-order valence-corrected chi connectivity index (χ0v) is 10.8. The quantitative estimate of drug-likeness (QED) is 0.620. The highest BCUT2D eigenvalue weighted by atomic mass is 19.2. The van der Waals surface area contributed by atoms with Crippen molar-refractivity contribution in [3.05, 3.63) is 35.1 Å². The van der Waals surface area contributed by atoms with Crippen LogP contribution in [0.2, 0.25) is 0 Å². The number of benzene rings is 1. The van der Waals surface area contributed by atoms with Crippen LogP contribution < -0.4 is 5.32 Å². The molecule has 0 heterocycles. The summed E-state index contributed by atoms with van der Waals surface area (Å²) >= 11 is 0. The van der Waals surface area contributed by atoms with Crippen LogP contribution in [0.25, 0.3) is 0 Å². The van der Waals surface area contributed by atoms with Gasteiger partial charge in [-0.05, 0) is 44.5 Å². The van der Waals surface area contributed by atoms with E-state index in [2.05, 4.69) is 5.32 Å². The van der Waals surface area contributed by atoms with Gasteiger partial charge in [-0.2, -0.15) is 0 Å². The number of carboxylic acid groups (broad SMARTS) is 1. The van der Waals surface area contributed by atoms with Crippen LogP contribution in [0.1, 0.15) is 25.8 Å². The summed E-state index contributed by atoms with van der Waals surface area (Å²) in [7, 11) is 0. The third-order valence-electron chi connectivity index (χ3n) is 2.88. The number of rotatable bonds is 6. The van der Waals surface area contributed by atoms with E-state index in [1.165, 1.54) is 0 Å². The van der Waals surface area contributed by atoms with Gasteiger partial charge < -0.3 is 10.4 Å². The third-order valence-corrected chi connectivity index (χ3v) is 2.88. The number of hydrogen-bond donors (Lipinski definition) is 2. The van der Waals surface area contributed by atoms with E-state index in [9.17, 15) is 18.0 Å². The van der Waals surface area contributed by atoms with Gasteiger partial charge in [0.15, 0.2) is 17.5 Å². The van der Waals surface area contributed by atoms with E-state index in [1.54, 1.807) is 13.8 Å². The molecule has 0 aliphatic rings. The van der Waals surface area contributed by atoms with Crippen molar-refractivity contribution >= 4 is 5.97 Å². The lowest BCUT2D eigenvalue weighted by atomic mass is 9.90. The summed E-state index contributed by atoms with van der Waals surface area (Å²) < 4.78 is 38.6. The maximum atomic E-state index is 12.9. The summed E-state index contributed by atoms with van der Waals surface area (Å²) in [5.74, 6) is -4.87. The second-order valence-electron chi connectivity index (χ2n) is 4.99. The van der Waals surface area contributed by atoms with E-state index in [-0.39, 0.29) is 12.1 Å². The van der Waals surface area contributed by atoms with E-state index < -0.39 is 28.8 Å². The Morgan fingerprint density at radius 3 is 2.26 bits per heavy atom. The van der Waals surface area contributed by atoms with Crippen molar-refractivity contribution in [1.29, 1.82) is 0 Å². The topological polar surface area (TPSA) is 49.3 Å². The number of nitrogens with one attached hydrogen (secondary N) is 1. The first-order valence-corrected chi connectivity index (χ1v) is 5.81. The molecule has 0 bridgehead atoms. The molecule has 0 radical (unpaired) electrons. The predicted octanol–water partition coefficient (Wildman–Crippen LogP) is 2.69. The number of hydrogen-bond acceptors (Lipinski definition) is 2. The Kier molecular flexibility index (Phi) is 4.94. The monoisotopic (exact) mass is 275 g/mol. The number of carboxylic acids is 1. The number of aliphatic carboxylic acids is 1. The largest absolute Gasteiger partial charge is 0.481 e.